The van der Waals surface area contributed by atoms with Crippen molar-refractivity contribution >= 4 is 15.8 Å². The van der Waals surface area contributed by atoms with Crippen LogP contribution in [0.1, 0.15) is 39.0 Å². The second kappa shape index (κ2) is 7.94. The SMILES string of the molecule is CCC/C=C/CCC1C(OP)CC(F)C1C=O. The molecule has 2 nitrogen and oxygen atoms in total. The fraction of sp³-hybridized carbons (Fsp3) is 0.769. The molecule has 98 valence electrons. The molecule has 5 atom stereocenters. The first-order valence-corrected chi connectivity index (χ1v) is 6.81. The van der Waals surface area contributed by atoms with E-state index in [4.69, 9.17) is 4.52 Å². The van der Waals surface area contributed by atoms with Gasteiger partial charge in [0.05, 0.1) is 12.0 Å². The number of hydrogen-bond donors (Lipinski definition) is 0. The average Bonchev–Trinajstić information content (AvgIpc) is 2.64. The highest BCUT2D eigenvalue weighted by Gasteiger charge is 2.43. The summed E-state index contributed by atoms with van der Waals surface area (Å²) in [6.07, 6.45) is 8.14. The molecule has 0 bridgehead atoms. The van der Waals surface area contributed by atoms with Gasteiger partial charge in [-0.3, -0.25) is 0 Å². The van der Waals surface area contributed by atoms with Crippen LogP contribution in [-0.2, 0) is 9.32 Å². The van der Waals surface area contributed by atoms with E-state index in [1.165, 1.54) is 0 Å². The van der Waals surface area contributed by atoms with Crippen molar-refractivity contribution in [1.29, 1.82) is 0 Å². The van der Waals surface area contributed by atoms with Gasteiger partial charge in [0.2, 0.25) is 0 Å². The zero-order chi connectivity index (χ0) is 12.7. The smallest absolute Gasteiger partial charge is 0.126 e. The number of alkyl halides is 1. The van der Waals surface area contributed by atoms with E-state index in [2.05, 4.69) is 28.5 Å². The van der Waals surface area contributed by atoms with Gasteiger partial charge in [0.15, 0.2) is 0 Å². The number of carbonyl (C=O) groups is 1. The van der Waals surface area contributed by atoms with E-state index in [9.17, 15) is 9.18 Å². The molecule has 0 amide bonds. The van der Waals surface area contributed by atoms with Crippen LogP contribution in [0.4, 0.5) is 4.39 Å². The molecule has 0 N–H and O–H groups in total. The van der Waals surface area contributed by atoms with Crippen LogP contribution in [0.15, 0.2) is 12.2 Å². The van der Waals surface area contributed by atoms with Gasteiger partial charge in [-0.2, -0.15) is 0 Å². The van der Waals surface area contributed by atoms with Gasteiger partial charge in [-0.15, -0.1) is 0 Å². The van der Waals surface area contributed by atoms with Gasteiger partial charge >= 0.3 is 0 Å². The highest BCUT2D eigenvalue weighted by Crippen LogP contribution is 2.39. The molecule has 5 unspecified atom stereocenters. The Bertz CT molecular complexity index is 258. The van der Waals surface area contributed by atoms with Crippen LogP contribution in [-0.4, -0.2) is 18.6 Å². The summed E-state index contributed by atoms with van der Waals surface area (Å²) >= 11 is 0. The van der Waals surface area contributed by atoms with E-state index in [1.54, 1.807) is 0 Å². The lowest BCUT2D eigenvalue weighted by Gasteiger charge is -2.19. The molecule has 1 saturated carbocycles. The lowest BCUT2D eigenvalue weighted by atomic mass is 9.91. The molecule has 0 heterocycles. The maximum absolute atomic E-state index is 13.6. The molecule has 0 aromatic heterocycles. The van der Waals surface area contributed by atoms with E-state index in [0.29, 0.717) is 6.42 Å². The summed E-state index contributed by atoms with van der Waals surface area (Å²) in [7, 11) is 2.19. The Balaban J connectivity index is 2.44. The van der Waals surface area contributed by atoms with Gasteiger partial charge in [-0.1, -0.05) is 25.5 Å². The van der Waals surface area contributed by atoms with Crippen molar-refractivity contribution in [3.05, 3.63) is 12.2 Å². The second-order valence-corrected chi connectivity index (χ2v) is 4.91. The van der Waals surface area contributed by atoms with Crippen molar-refractivity contribution < 1.29 is 13.7 Å². The minimum absolute atomic E-state index is 0.0197. The summed E-state index contributed by atoms with van der Waals surface area (Å²) in [4.78, 5) is 10.9. The van der Waals surface area contributed by atoms with Crippen molar-refractivity contribution in [2.24, 2.45) is 11.8 Å². The Morgan fingerprint density at radius 2 is 2.12 bits per heavy atom. The van der Waals surface area contributed by atoms with Gasteiger partial charge in [0.25, 0.3) is 0 Å². The minimum Gasteiger partial charge on any atom is -0.362 e. The number of carbonyl (C=O) groups excluding carboxylic acids is 1. The van der Waals surface area contributed by atoms with E-state index in [0.717, 1.165) is 32.0 Å². The number of aldehydes is 1. The summed E-state index contributed by atoms with van der Waals surface area (Å²) in [5, 5.41) is 0. The van der Waals surface area contributed by atoms with E-state index in [-0.39, 0.29) is 12.0 Å². The van der Waals surface area contributed by atoms with Crippen molar-refractivity contribution in [1.82, 2.24) is 0 Å². The summed E-state index contributed by atoms with van der Waals surface area (Å²) in [5.41, 5.74) is 0. The highest BCUT2D eigenvalue weighted by atomic mass is 31.0. The number of rotatable bonds is 7. The molecule has 1 aliphatic rings. The maximum Gasteiger partial charge on any atom is 0.126 e. The van der Waals surface area contributed by atoms with Crippen LogP contribution in [0.3, 0.4) is 0 Å². The average molecular weight is 260 g/mol. The summed E-state index contributed by atoms with van der Waals surface area (Å²) in [6, 6.07) is 0. The molecule has 0 aromatic carbocycles. The largest absolute Gasteiger partial charge is 0.362 e. The van der Waals surface area contributed by atoms with E-state index >= 15 is 0 Å². The third-order valence-electron chi connectivity index (χ3n) is 3.47. The van der Waals surface area contributed by atoms with Crippen molar-refractivity contribution in [3.63, 3.8) is 0 Å². The molecular formula is C13H22FO2P. The number of allylic oxidation sites excluding steroid dienone is 2. The molecule has 17 heavy (non-hydrogen) atoms. The molecule has 4 heteroatoms. The zero-order valence-corrected chi connectivity index (χ0v) is 11.5. The first kappa shape index (κ1) is 14.8. The Labute approximate surface area is 105 Å². The van der Waals surface area contributed by atoms with Crippen molar-refractivity contribution in [2.45, 2.75) is 51.3 Å². The monoisotopic (exact) mass is 260 g/mol. The quantitative estimate of drug-likeness (QED) is 0.398. The Morgan fingerprint density at radius 1 is 1.41 bits per heavy atom. The van der Waals surface area contributed by atoms with Crippen molar-refractivity contribution in [2.75, 3.05) is 0 Å². The molecule has 1 rings (SSSR count). The van der Waals surface area contributed by atoms with Gasteiger partial charge in [-0.25, -0.2) is 4.39 Å². The predicted octanol–water partition coefficient (Wildman–Crippen LogP) is 3.47. The van der Waals surface area contributed by atoms with Crippen LogP contribution < -0.4 is 0 Å². The standard InChI is InChI=1S/C13H22FO2P/c1-2-3-4-5-6-7-10-11(9-15)12(14)8-13(10)16-17/h4-5,9-13H,2-3,6-8,17H2,1H3/b5-4+. The fourth-order valence-electron chi connectivity index (χ4n) is 2.48. The summed E-state index contributed by atoms with van der Waals surface area (Å²) in [6.45, 7) is 2.13. The third-order valence-corrected chi connectivity index (χ3v) is 3.82. The molecule has 0 aliphatic heterocycles. The third kappa shape index (κ3) is 4.15. The molecule has 0 spiro atoms. The summed E-state index contributed by atoms with van der Waals surface area (Å²) < 4.78 is 18.8. The molecule has 1 fully saturated rings. The normalized spacial score (nSPS) is 33.4. The van der Waals surface area contributed by atoms with Crippen molar-refractivity contribution in [3.8, 4) is 0 Å². The van der Waals surface area contributed by atoms with Crippen LogP contribution >= 0.6 is 9.47 Å². The molecule has 0 aromatic rings. The molecule has 0 saturated heterocycles. The molecule has 0 radical (unpaired) electrons. The van der Waals surface area contributed by atoms with Crippen LogP contribution in [0.2, 0.25) is 0 Å². The van der Waals surface area contributed by atoms with Gasteiger partial charge in [0.1, 0.15) is 12.5 Å². The van der Waals surface area contributed by atoms with Gasteiger partial charge in [-0.05, 0) is 25.2 Å². The van der Waals surface area contributed by atoms with Gasteiger partial charge < -0.3 is 9.32 Å². The number of unbranched alkanes of at least 4 members (excludes halogenated alkanes) is 1. The topological polar surface area (TPSA) is 26.3 Å². The first-order valence-electron chi connectivity index (χ1n) is 6.34. The Morgan fingerprint density at radius 3 is 2.71 bits per heavy atom. The number of hydrogen-bond acceptors (Lipinski definition) is 2. The lowest BCUT2D eigenvalue weighted by Crippen LogP contribution is -2.22. The first-order chi connectivity index (χ1) is 8.24. The highest BCUT2D eigenvalue weighted by molar-refractivity contribution is 7.09. The summed E-state index contributed by atoms with van der Waals surface area (Å²) in [5.74, 6) is -0.466. The van der Waals surface area contributed by atoms with Crippen LogP contribution in [0, 0.1) is 11.8 Å². The van der Waals surface area contributed by atoms with Crippen LogP contribution in [0.25, 0.3) is 0 Å². The van der Waals surface area contributed by atoms with E-state index in [1.807, 2.05) is 0 Å². The van der Waals surface area contributed by atoms with Crippen LogP contribution in [0.5, 0.6) is 0 Å². The molecule has 1 aliphatic carbocycles. The maximum atomic E-state index is 13.6. The predicted molar refractivity (Wildman–Crippen MR) is 70.4 cm³/mol. The lowest BCUT2D eigenvalue weighted by molar-refractivity contribution is -0.113. The molecular weight excluding hydrogens is 238 g/mol. The second-order valence-electron chi connectivity index (χ2n) is 4.64. The van der Waals surface area contributed by atoms with Gasteiger partial charge in [0, 0.05) is 15.9 Å². The number of halogens is 1. The fourth-order valence-corrected chi connectivity index (χ4v) is 2.79. The minimum atomic E-state index is -1.04. The Kier molecular flexibility index (Phi) is 6.91. The zero-order valence-electron chi connectivity index (χ0n) is 10.3. The van der Waals surface area contributed by atoms with E-state index < -0.39 is 12.1 Å². The Hall–Kier alpha value is -0.270.